The summed E-state index contributed by atoms with van der Waals surface area (Å²) in [5.41, 5.74) is 2.07. The van der Waals surface area contributed by atoms with E-state index in [1.165, 1.54) is 22.5 Å². The summed E-state index contributed by atoms with van der Waals surface area (Å²) >= 11 is 4.92. The van der Waals surface area contributed by atoms with Gasteiger partial charge >= 0.3 is 0 Å². The first-order valence-corrected chi connectivity index (χ1v) is 9.93. The molecule has 0 aliphatic carbocycles. The van der Waals surface area contributed by atoms with Crippen molar-refractivity contribution >= 4 is 45.7 Å². The molecule has 8 heteroatoms. The molecule has 2 aromatic heterocycles. The smallest absolute Gasteiger partial charge is 0.223 e. The standard InChI is InChI=1S/C15H19N3O2S3/c1-9-14(22-15(16-9)17-10(2)19)11-6-13(21-8-11)23-18-5-3-4-12(20)7-18/h6,8,12,20H,3-5,7H2,1-2H3,(H,16,17,19). The third-order valence-corrected chi connectivity index (χ3v) is 6.74. The predicted octanol–water partition coefficient (Wildman–Crippen LogP) is 3.60. The van der Waals surface area contributed by atoms with Crippen LogP contribution in [0.5, 0.6) is 0 Å². The number of hydrogen-bond donors (Lipinski definition) is 2. The number of anilines is 1. The fraction of sp³-hybridized carbons (Fsp3) is 0.467. The summed E-state index contributed by atoms with van der Waals surface area (Å²) < 4.78 is 3.44. The van der Waals surface area contributed by atoms with Crippen LogP contribution < -0.4 is 5.32 Å². The normalized spacial score (nSPS) is 19.0. The lowest BCUT2D eigenvalue weighted by Crippen LogP contribution is -2.33. The number of aromatic nitrogens is 1. The number of thiazole rings is 1. The molecule has 0 saturated carbocycles. The van der Waals surface area contributed by atoms with Crippen LogP contribution in [0.25, 0.3) is 10.4 Å². The number of aliphatic hydroxyl groups is 1. The van der Waals surface area contributed by atoms with Crippen molar-refractivity contribution in [2.45, 2.75) is 37.0 Å². The second kappa shape index (κ2) is 7.31. The van der Waals surface area contributed by atoms with Crippen LogP contribution in [0.1, 0.15) is 25.5 Å². The number of piperidine rings is 1. The van der Waals surface area contributed by atoms with Crippen molar-refractivity contribution in [3.8, 4) is 10.4 Å². The first kappa shape index (κ1) is 16.9. The molecule has 5 nitrogen and oxygen atoms in total. The Bertz CT molecular complexity index is 698. The molecule has 1 fully saturated rings. The average Bonchev–Trinajstić information content (AvgIpc) is 3.05. The van der Waals surface area contributed by atoms with Crippen LogP contribution >= 0.6 is 34.6 Å². The van der Waals surface area contributed by atoms with Gasteiger partial charge in [0, 0.05) is 31.0 Å². The van der Waals surface area contributed by atoms with Crippen molar-refractivity contribution in [1.29, 1.82) is 0 Å². The first-order chi connectivity index (χ1) is 11.0. The van der Waals surface area contributed by atoms with Crippen LogP contribution in [0.3, 0.4) is 0 Å². The average molecular weight is 370 g/mol. The van der Waals surface area contributed by atoms with E-state index in [-0.39, 0.29) is 12.0 Å². The van der Waals surface area contributed by atoms with Gasteiger partial charge in [0.05, 0.1) is 20.9 Å². The maximum Gasteiger partial charge on any atom is 0.223 e. The maximum atomic E-state index is 11.2. The van der Waals surface area contributed by atoms with Gasteiger partial charge in [-0.3, -0.25) is 4.79 Å². The molecule has 0 radical (unpaired) electrons. The number of nitrogens with zero attached hydrogens (tertiary/aromatic N) is 2. The van der Waals surface area contributed by atoms with E-state index in [0.29, 0.717) is 5.13 Å². The highest BCUT2D eigenvalue weighted by Gasteiger charge is 2.20. The summed E-state index contributed by atoms with van der Waals surface area (Å²) in [4.78, 5) is 16.6. The van der Waals surface area contributed by atoms with Crippen molar-refractivity contribution in [1.82, 2.24) is 9.29 Å². The van der Waals surface area contributed by atoms with Crippen molar-refractivity contribution in [2.75, 3.05) is 18.4 Å². The van der Waals surface area contributed by atoms with Gasteiger partial charge in [0.2, 0.25) is 5.91 Å². The number of hydrogen-bond acceptors (Lipinski definition) is 7. The topological polar surface area (TPSA) is 65.5 Å². The largest absolute Gasteiger partial charge is 0.392 e. The quantitative estimate of drug-likeness (QED) is 0.806. The summed E-state index contributed by atoms with van der Waals surface area (Å²) in [7, 11) is 0. The van der Waals surface area contributed by atoms with Gasteiger partial charge in [0.15, 0.2) is 5.13 Å². The molecule has 3 heterocycles. The summed E-state index contributed by atoms with van der Waals surface area (Å²) in [5.74, 6) is -0.101. The number of aryl methyl sites for hydroxylation is 1. The predicted molar refractivity (Wildman–Crippen MR) is 97.1 cm³/mol. The van der Waals surface area contributed by atoms with Crippen LogP contribution in [0.4, 0.5) is 5.13 Å². The second-order valence-corrected chi connectivity index (χ2v) is 8.85. The molecular formula is C15H19N3O2S3. The molecule has 23 heavy (non-hydrogen) atoms. The van der Waals surface area contributed by atoms with E-state index < -0.39 is 0 Å². The Morgan fingerprint density at radius 1 is 1.57 bits per heavy atom. The zero-order chi connectivity index (χ0) is 16.4. The fourth-order valence-corrected chi connectivity index (χ4v) is 5.72. The molecular weight excluding hydrogens is 350 g/mol. The number of amides is 1. The third-order valence-electron chi connectivity index (χ3n) is 3.50. The van der Waals surface area contributed by atoms with E-state index in [2.05, 4.69) is 26.1 Å². The zero-order valence-corrected chi connectivity index (χ0v) is 15.5. The molecule has 0 spiro atoms. The molecule has 1 aliphatic heterocycles. The third kappa shape index (κ3) is 4.33. The van der Waals surface area contributed by atoms with Crippen LogP contribution in [0.15, 0.2) is 15.7 Å². The molecule has 0 bridgehead atoms. The highest BCUT2D eigenvalue weighted by Crippen LogP contribution is 2.39. The van der Waals surface area contributed by atoms with Gasteiger partial charge < -0.3 is 10.4 Å². The van der Waals surface area contributed by atoms with Gasteiger partial charge in [0.1, 0.15) is 0 Å². The van der Waals surface area contributed by atoms with Crippen LogP contribution in [0.2, 0.25) is 0 Å². The highest BCUT2D eigenvalue weighted by molar-refractivity contribution is 7.98. The Hall–Kier alpha value is -0.930. The zero-order valence-electron chi connectivity index (χ0n) is 13.0. The number of thiophene rings is 1. The molecule has 1 aliphatic rings. The lowest BCUT2D eigenvalue weighted by atomic mass is 10.1. The minimum Gasteiger partial charge on any atom is -0.392 e. The van der Waals surface area contributed by atoms with Crippen LogP contribution in [-0.2, 0) is 4.79 Å². The van der Waals surface area contributed by atoms with Crippen molar-refractivity contribution < 1.29 is 9.90 Å². The van der Waals surface area contributed by atoms with E-state index in [1.807, 2.05) is 6.92 Å². The van der Waals surface area contributed by atoms with Crippen molar-refractivity contribution in [3.05, 3.63) is 17.1 Å². The number of carbonyl (C=O) groups excluding carboxylic acids is 1. The van der Waals surface area contributed by atoms with E-state index in [0.717, 1.165) is 42.1 Å². The SMILES string of the molecule is CC(=O)Nc1nc(C)c(-c2csc(SN3CCCC(O)C3)c2)s1. The number of β-amino-alcohol motifs (C(OH)–C–C–N with tert-alkyl or cyclic N) is 1. The van der Waals surface area contributed by atoms with Gasteiger partial charge in [-0.15, -0.1) is 11.3 Å². The minimum atomic E-state index is -0.209. The Morgan fingerprint density at radius 2 is 2.39 bits per heavy atom. The summed E-state index contributed by atoms with van der Waals surface area (Å²) in [6, 6.07) is 2.16. The molecule has 2 N–H and O–H groups in total. The summed E-state index contributed by atoms with van der Waals surface area (Å²) in [6.07, 6.45) is 1.73. The maximum absolute atomic E-state index is 11.2. The Morgan fingerprint density at radius 3 is 3.13 bits per heavy atom. The van der Waals surface area contributed by atoms with Gasteiger partial charge in [0.25, 0.3) is 0 Å². The Balaban J connectivity index is 1.71. The van der Waals surface area contributed by atoms with Gasteiger partial charge in [-0.2, -0.15) is 0 Å². The van der Waals surface area contributed by atoms with Gasteiger partial charge in [-0.05, 0) is 37.8 Å². The minimum absolute atomic E-state index is 0.101. The molecule has 3 rings (SSSR count). The molecule has 0 aromatic carbocycles. The monoisotopic (exact) mass is 369 g/mol. The molecule has 1 saturated heterocycles. The van der Waals surface area contributed by atoms with Crippen LogP contribution in [0, 0.1) is 6.92 Å². The van der Waals surface area contributed by atoms with Crippen LogP contribution in [-0.4, -0.2) is 39.5 Å². The highest BCUT2D eigenvalue weighted by atomic mass is 32.2. The van der Waals surface area contributed by atoms with E-state index >= 15 is 0 Å². The molecule has 2 aromatic rings. The molecule has 1 amide bonds. The van der Waals surface area contributed by atoms with E-state index in [1.54, 1.807) is 23.3 Å². The van der Waals surface area contributed by atoms with Gasteiger partial charge in [-0.1, -0.05) is 11.3 Å². The van der Waals surface area contributed by atoms with Gasteiger partial charge in [-0.25, -0.2) is 9.29 Å². The molecule has 1 unspecified atom stereocenters. The van der Waals surface area contributed by atoms with Crippen molar-refractivity contribution in [2.24, 2.45) is 0 Å². The van der Waals surface area contributed by atoms with Crippen molar-refractivity contribution in [3.63, 3.8) is 0 Å². The van der Waals surface area contributed by atoms with E-state index in [9.17, 15) is 9.90 Å². The second-order valence-electron chi connectivity index (χ2n) is 5.54. The molecule has 1 atom stereocenters. The number of carbonyl (C=O) groups is 1. The van der Waals surface area contributed by atoms with E-state index in [4.69, 9.17) is 0 Å². The molecule has 124 valence electrons. The lowest BCUT2D eigenvalue weighted by Gasteiger charge is -2.28. The number of rotatable bonds is 4. The fourth-order valence-electron chi connectivity index (χ4n) is 2.48. The Labute approximate surface area is 147 Å². The lowest BCUT2D eigenvalue weighted by molar-refractivity contribution is -0.114. The number of aliphatic hydroxyl groups excluding tert-OH is 1. The first-order valence-electron chi connectivity index (χ1n) is 7.46. The number of nitrogens with one attached hydrogen (secondary N) is 1. The Kier molecular flexibility index (Phi) is 5.38. The summed E-state index contributed by atoms with van der Waals surface area (Å²) in [5, 5.41) is 15.3. The summed E-state index contributed by atoms with van der Waals surface area (Å²) in [6.45, 7) is 5.19.